The van der Waals surface area contributed by atoms with Crippen LogP contribution < -0.4 is 0 Å². The maximum absolute atomic E-state index is 10.0. The summed E-state index contributed by atoms with van der Waals surface area (Å²) in [5.74, 6) is -7.86. The summed E-state index contributed by atoms with van der Waals surface area (Å²) in [6.07, 6.45) is 5.88. The van der Waals surface area contributed by atoms with E-state index in [1.807, 2.05) is 197 Å². The largest absolute Gasteiger partial charge is 0.512 e. The van der Waals surface area contributed by atoms with Crippen molar-refractivity contribution in [1.29, 1.82) is 0 Å². The molecule has 0 saturated carbocycles. The summed E-state index contributed by atoms with van der Waals surface area (Å²) < 4.78 is 178. The summed E-state index contributed by atoms with van der Waals surface area (Å²) in [5.41, 5.74) is 18.0. The van der Waals surface area contributed by atoms with Crippen LogP contribution in [0.15, 0.2) is 255 Å². The molecule has 0 bridgehead atoms. The van der Waals surface area contributed by atoms with Gasteiger partial charge in [-0.05, 0) is 178 Å². The molecule has 0 aliphatic heterocycles. The maximum Gasteiger partial charge on any atom is 0.155 e. The molecule has 1 N–H and O–H groups in total. The number of rotatable bonds is 17. The number of carbonyl (C=O) groups is 1. The predicted octanol–water partition coefficient (Wildman–Crippen LogP) is 28.9. The number of para-hydroxylation sites is 3. The van der Waals surface area contributed by atoms with Gasteiger partial charge in [0.05, 0.1) is 45.3 Å². The fourth-order valence-electron chi connectivity index (χ4n) is 16.4. The van der Waals surface area contributed by atoms with Crippen molar-refractivity contribution in [2.75, 3.05) is 0 Å². The molecular formula is C111H113Ir4N7O2-4. The van der Waals surface area contributed by atoms with Crippen molar-refractivity contribution in [2.24, 2.45) is 29.5 Å². The second-order valence-corrected chi connectivity index (χ2v) is 31.9. The summed E-state index contributed by atoms with van der Waals surface area (Å²) in [5, 5.41) is 18.1. The average molecular weight is 2370 g/mol. The van der Waals surface area contributed by atoms with Crippen molar-refractivity contribution >= 4 is 98.7 Å². The zero-order chi connectivity index (χ0) is 103. The van der Waals surface area contributed by atoms with Crippen molar-refractivity contribution in [3.63, 3.8) is 0 Å². The molecule has 9 nitrogen and oxygen atoms in total. The molecule has 0 amide bonds. The van der Waals surface area contributed by atoms with E-state index in [-0.39, 0.29) is 121 Å². The number of aliphatic hydroxyl groups excluding tert-OH is 1. The summed E-state index contributed by atoms with van der Waals surface area (Å²) in [4.78, 5) is 29.1. The molecule has 5 unspecified atom stereocenters. The third-order valence-electron chi connectivity index (χ3n) is 20.9. The number of benzene rings is 11. The van der Waals surface area contributed by atoms with Crippen LogP contribution in [0.5, 0.6) is 0 Å². The van der Waals surface area contributed by atoms with Crippen LogP contribution in [-0.2, 0) is 117 Å². The Labute approximate surface area is 817 Å². The van der Waals surface area contributed by atoms with Gasteiger partial charge >= 0.3 is 0 Å². The molecule has 0 spiro atoms. The molecule has 124 heavy (non-hydrogen) atoms. The molecule has 0 aliphatic carbocycles. The van der Waals surface area contributed by atoms with E-state index in [2.05, 4.69) is 93.5 Å². The van der Waals surface area contributed by atoms with Gasteiger partial charge in [0.15, 0.2) is 5.78 Å². The fourth-order valence-corrected chi connectivity index (χ4v) is 16.4. The minimum absolute atomic E-state index is 0. The van der Waals surface area contributed by atoms with E-state index in [0.29, 0.717) is 35.3 Å². The first-order chi connectivity index (χ1) is 66.0. The summed E-state index contributed by atoms with van der Waals surface area (Å²) >= 11 is 0. The number of nitrogens with zero attached hydrogens (tertiary/aromatic N) is 7. The SMILES string of the molecule is CC(=O)C=C(C)O.[2H]C(C)(C)Cc1cccc(CC([2H])(C)C([2H])([2H])[2H])c1-c1cnc2c3[c-]cccc3c3ccccc3n12.[2H]C(C)(C)c1cccc(C([2H])(C([2H])([2H])[2H])C([2H])([2H])[2H])c1-c1cnc2c3[c-]cccc3c3ccccc3n12.[2H]C([2H])([2H])C(C)Cc1ccc2ccc(-c3[c-]c(C)cc(C)c3)nc2c1.[2H]C(c1cccc(C([2H])C(C)C([2H])([2H])[2H])c1-c1cnc2c3[c-]cccc3c3ccccc3n12)C(C)C.[Ir].[Ir].[Ir].[Ir]. The molecule has 0 saturated heterocycles. The average Bonchev–Trinajstić information content (AvgIpc) is 1.67. The number of aryl methyl sites for hydroxylation is 2. The Bertz CT molecular complexity index is 7750. The van der Waals surface area contributed by atoms with Crippen molar-refractivity contribution < 1.29 is 119 Å². The predicted molar refractivity (Wildman–Crippen MR) is 507 cm³/mol. The van der Waals surface area contributed by atoms with Crippen molar-refractivity contribution in [2.45, 2.75) is 168 Å². The molecule has 4 radical (unpaired) electrons. The van der Waals surface area contributed by atoms with E-state index in [1.165, 1.54) is 44.5 Å². The van der Waals surface area contributed by atoms with Gasteiger partial charge in [0, 0.05) is 167 Å². The van der Waals surface area contributed by atoms with Gasteiger partial charge in [-0.2, -0.15) is 0 Å². The van der Waals surface area contributed by atoms with Crippen LogP contribution in [0.2, 0.25) is 0 Å². The first-order valence-electron chi connectivity index (χ1n) is 51.2. The first-order valence-corrected chi connectivity index (χ1v) is 40.6. The zero-order valence-corrected chi connectivity index (χ0v) is 81.1. The van der Waals surface area contributed by atoms with Crippen LogP contribution >= 0.6 is 0 Å². The number of hydrogen-bond donors (Lipinski definition) is 1. The van der Waals surface area contributed by atoms with Gasteiger partial charge in [0.2, 0.25) is 0 Å². The minimum atomic E-state index is -3.18. The molecular weight excluding hydrogens is 2230 g/mol. The third kappa shape index (κ3) is 21.3. The van der Waals surface area contributed by atoms with Gasteiger partial charge in [-0.15, -0.1) is 124 Å². The van der Waals surface area contributed by atoms with Crippen LogP contribution in [0.1, 0.15) is 201 Å². The fraction of sp³-hybridized carbons (Fsp3) is 0.270. The molecule has 5 atom stereocenters. The topological polar surface area (TPSA) is 102 Å². The van der Waals surface area contributed by atoms with Crippen molar-refractivity contribution in [1.82, 2.24) is 33.1 Å². The Morgan fingerprint density at radius 2 is 0.887 bits per heavy atom. The van der Waals surface area contributed by atoms with Gasteiger partial charge in [-0.3, -0.25) is 24.7 Å². The van der Waals surface area contributed by atoms with Crippen LogP contribution in [0, 0.1) is 67.7 Å². The summed E-state index contributed by atoms with van der Waals surface area (Å²) in [6, 6.07) is 85.1. The van der Waals surface area contributed by atoms with Gasteiger partial charge in [-0.1, -0.05) is 260 Å². The van der Waals surface area contributed by atoms with Crippen molar-refractivity contribution in [3.8, 4) is 45.0 Å². The minimum Gasteiger partial charge on any atom is -0.512 e. The number of allylic oxidation sites excluding steroid dienone is 2. The van der Waals surface area contributed by atoms with Crippen LogP contribution in [0.4, 0.5) is 0 Å². The Hall–Kier alpha value is -9.73. The Morgan fingerprint density at radius 3 is 1.32 bits per heavy atom. The Morgan fingerprint density at radius 1 is 0.452 bits per heavy atom. The van der Waals surface area contributed by atoms with Gasteiger partial charge in [0.25, 0.3) is 0 Å². The van der Waals surface area contributed by atoms with Crippen LogP contribution in [0.25, 0.3) is 138 Å². The van der Waals surface area contributed by atoms with Gasteiger partial charge < -0.3 is 18.3 Å². The molecule has 7 heterocycles. The summed E-state index contributed by atoms with van der Waals surface area (Å²) in [6.45, 7) is 9.84. The summed E-state index contributed by atoms with van der Waals surface area (Å²) in [7, 11) is 0. The molecule has 644 valence electrons. The van der Waals surface area contributed by atoms with E-state index in [0.717, 1.165) is 149 Å². The second-order valence-electron chi connectivity index (χ2n) is 31.9. The number of aromatic nitrogens is 7. The molecule has 0 fully saturated rings. The van der Waals surface area contributed by atoms with Gasteiger partial charge in [0.1, 0.15) is 0 Å². The molecule has 7 aromatic heterocycles. The smallest absolute Gasteiger partial charge is 0.155 e. The monoisotopic (exact) mass is 2370 g/mol. The normalized spacial score (nSPS) is 16.2. The first kappa shape index (κ1) is 70.4. The van der Waals surface area contributed by atoms with E-state index >= 15 is 0 Å². The Kier molecular flexibility index (Phi) is 24.4. The second kappa shape index (κ2) is 43.0. The maximum atomic E-state index is 10.0. The van der Waals surface area contributed by atoms with Crippen molar-refractivity contribution in [3.05, 3.63) is 329 Å². The number of fused-ring (bicyclic) bond motifs is 19. The number of carbonyl (C=O) groups excluding carboxylic acids is 1. The third-order valence-corrected chi connectivity index (χ3v) is 20.9. The molecule has 18 rings (SSSR count). The quantitative estimate of drug-likeness (QED) is 0.0422. The standard InChI is InChI=1S/2C29H29N2.C27H25N2.C21H22N.C5H8O2.4Ir/c2*1-19(2)16-21-10-9-11-22(17-20(3)4)28(21)27-18-30-29-25-14-6-5-12-23(25)24-13-7-8-15-26(24)31(27)29;1-17(2)19-13-9-14-20(18(3)4)26(19)25-16-28-27-23-12-6-5-10-21(23)22-11-7-8-15-24(22)29(25)27;1-14(2)9-17-5-6-18-7-8-20(22-21(18)13-17)19-11-15(3)10-16(4)12-19;1-4(6)3-5(2)7;;;;/h2*5-13,15,18-20H,16-17H2,1-4H3;5-11,13-18H,1-4H3;5-8,10-11,13-14H,9H2,1-4H3;3,6H,1-2H3;;;;/q4*-1;;;;;/i1D3,19D,20D;1D3,16D,17D;1D3,2D3,17D,18D;1D3;;;;;. The van der Waals surface area contributed by atoms with E-state index in [4.69, 9.17) is 48.8 Å². The van der Waals surface area contributed by atoms with E-state index < -0.39 is 76.5 Å². The number of pyridine rings is 4. The van der Waals surface area contributed by atoms with Crippen LogP contribution in [-0.4, -0.2) is 44.0 Å². The zero-order valence-electron chi connectivity index (χ0n) is 92.5. The molecule has 0 aliphatic rings. The molecule has 11 aromatic carbocycles. The Balaban J connectivity index is 0.000000193. The number of ketones is 1. The molecule has 13 heteroatoms. The van der Waals surface area contributed by atoms with E-state index in [1.54, 1.807) is 52.2 Å². The van der Waals surface area contributed by atoms with Crippen LogP contribution in [0.3, 0.4) is 0 Å². The van der Waals surface area contributed by atoms with Gasteiger partial charge in [-0.25, -0.2) is 0 Å². The number of imidazole rings is 3. The van der Waals surface area contributed by atoms with E-state index in [9.17, 15) is 4.79 Å². The molecule has 18 aromatic rings. The number of hydrogen-bond acceptors (Lipinski definition) is 6. The number of aliphatic hydroxyl groups is 1.